The molecule has 0 atom stereocenters. The van der Waals surface area contributed by atoms with Crippen LogP contribution in [0, 0.1) is 0 Å². The maximum absolute atomic E-state index is 11.7. The van der Waals surface area contributed by atoms with Gasteiger partial charge in [-0.3, -0.25) is 4.98 Å². The summed E-state index contributed by atoms with van der Waals surface area (Å²) < 4.78 is 6.14. The maximum Gasteiger partial charge on any atom is 0.345 e. The highest BCUT2D eigenvalue weighted by molar-refractivity contribution is 5.99. The Morgan fingerprint density at radius 3 is 2.67 bits per heavy atom. The Morgan fingerprint density at radius 1 is 1.44 bits per heavy atom. The molecule has 0 radical (unpaired) electrons. The number of hydrogen-bond donors (Lipinski definition) is 2. The molecule has 7 nitrogen and oxygen atoms in total. The molecule has 0 aliphatic heterocycles. The smallest absolute Gasteiger partial charge is 0.345 e. The Labute approximate surface area is 104 Å². The summed E-state index contributed by atoms with van der Waals surface area (Å²) in [5.41, 5.74) is 6.86. The summed E-state index contributed by atoms with van der Waals surface area (Å²) in [5, 5.41) is 7.03. The zero-order valence-electron chi connectivity index (χ0n) is 10.0. The van der Waals surface area contributed by atoms with Crippen LogP contribution in [0.3, 0.4) is 0 Å². The molecule has 0 aliphatic rings. The molecule has 2 aromatic heterocycles. The quantitative estimate of drug-likeness (QED) is 0.774. The van der Waals surface area contributed by atoms with Gasteiger partial charge in [0.1, 0.15) is 11.4 Å². The van der Waals surface area contributed by atoms with Gasteiger partial charge in [0, 0.05) is 19.4 Å². The lowest BCUT2D eigenvalue weighted by Gasteiger charge is -2.03. The molecule has 2 heterocycles. The van der Waals surface area contributed by atoms with E-state index in [-0.39, 0.29) is 11.4 Å². The van der Waals surface area contributed by atoms with Gasteiger partial charge in [0.05, 0.1) is 12.8 Å². The minimum Gasteiger partial charge on any atom is -0.465 e. The van der Waals surface area contributed by atoms with Gasteiger partial charge in [-0.05, 0) is 12.1 Å². The third-order valence-corrected chi connectivity index (χ3v) is 2.45. The Kier molecular flexibility index (Phi) is 3.13. The van der Waals surface area contributed by atoms with Crippen LogP contribution in [0.4, 0.5) is 11.6 Å². The molecule has 18 heavy (non-hydrogen) atoms. The first kappa shape index (κ1) is 11.9. The Balaban J connectivity index is 2.58. The highest BCUT2D eigenvalue weighted by atomic mass is 16.5. The van der Waals surface area contributed by atoms with Crippen molar-refractivity contribution in [2.24, 2.45) is 0 Å². The summed E-state index contributed by atoms with van der Waals surface area (Å²) in [7, 11) is 2.95. The van der Waals surface area contributed by atoms with Gasteiger partial charge in [-0.25, -0.2) is 9.48 Å². The number of methoxy groups -OCH3 is 1. The van der Waals surface area contributed by atoms with E-state index in [2.05, 4.69) is 20.1 Å². The van der Waals surface area contributed by atoms with Crippen LogP contribution in [-0.4, -0.2) is 34.9 Å². The average molecular weight is 247 g/mol. The molecule has 0 spiro atoms. The Bertz CT molecular complexity index is 564. The Hall–Kier alpha value is -2.57. The van der Waals surface area contributed by atoms with Gasteiger partial charge in [-0.2, -0.15) is 0 Å². The molecule has 0 fully saturated rings. The number of nitrogen functional groups attached to an aromatic ring is 1. The van der Waals surface area contributed by atoms with Crippen molar-refractivity contribution in [3.05, 3.63) is 30.1 Å². The summed E-state index contributed by atoms with van der Waals surface area (Å²) in [4.78, 5) is 15.6. The number of nitrogens with zero attached hydrogens (tertiary/aromatic N) is 3. The fraction of sp³-hybridized carbons (Fsp3) is 0.182. The van der Waals surface area contributed by atoms with Gasteiger partial charge in [0.15, 0.2) is 5.82 Å². The molecule has 0 unspecified atom stereocenters. The average Bonchev–Trinajstić information content (AvgIpc) is 2.76. The first-order valence-electron chi connectivity index (χ1n) is 5.24. The molecule has 0 aliphatic carbocycles. The summed E-state index contributed by atoms with van der Waals surface area (Å²) in [6.07, 6.45) is 3.24. The van der Waals surface area contributed by atoms with Crippen molar-refractivity contribution in [1.29, 1.82) is 0 Å². The molecule has 0 saturated heterocycles. The number of anilines is 2. The zero-order chi connectivity index (χ0) is 13.1. The topological polar surface area (TPSA) is 95.1 Å². The molecule has 7 heteroatoms. The van der Waals surface area contributed by atoms with E-state index in [0.29, 0.717) is 11.5 Å². The first-order valence-corrected chi connectivity index (χ1v) is 5.24. The van der Waals surface area contributed by atoms with Crippen LogP contribution in [0.1, 0.15) is 10.4 Å². The number of nitrogens with one attached hydrogen (secondary N) is 1. The fourth-order valence-corrected chi connectivity index (χ4v) is 1.59. The van der Waals surface area contributed by atoms with Crippen LogP contribution in [0.2, 0.25) is 0 Å². The lowest BCUT2D eigenvalue weighted by molar-refractivity contribution is 0.0603. The molecular formula is C11H13N5O2. The van der Waals surface area contributed by atoms with Crippen LogP contribution in [-0.2, 0) is 4.74 Å². The number of ether oxygens (including phenoxy) is 1. The van der Waals surface area contributed by atoms with Gasteiger partial charge in [-0.1, -0.05) is 0 Å². The number of carbonyl (C=O) groups excluding carboxylic acids is 1. The standard InChI is InChI=1S/C11H13N5O2/c1-13-10-8(11(17)18-2)9(12)16(15-10)7-3-5-14-6-4-7/h3-6H,12H2,1-2H3,(H,13,15). The van der Waals surface area contributed by atoms with Gasteiger partial charge in [-0.15, -0.1) is 5.10 Å². The number of esters is 1. The number of hydrogen-bond acceptors (Lipinski definition) is 6. The van der Waals surface area contributed by atoms with E-state index in [1.54, 1.807) is 31.6 Å². The van der Waals surface area contributed by atoms with Crippen molar-refractivity contribution in [2.45, 2.75) is 0 Å². The number of aromatic nitrogens is 3. The summed E-state index contributed by atoms with van der Waals surface area (Å²) in [5.74, 6) is 0.0609. The normalized spacial score (nSPS) is 10.1. The molecule has 2 aromatic rings. The van der Waals surface area contributed by atoms with Crippen LogP contribution in [0.5, 0.6) is 0 Å². The summed E-state index contributed by atoms with van der Waals surface area (Å²) in [6, 6.07) is 3.48. The molecule has 3 N–H and O–H groups in total. The van der Waals surface area contributed by atoms with E-state index >= 15 is 0 Å². The SMILES string of the molecule is CNc1nn(-c2ccncc2)c(N)c1C(=O)OC. The van der Waals surface area contributed by atoms with Crippen molar-refractivity contribution < 1.29 is 9.53 Å². The second-order valence-electron chi connectivity index (χ2n) is 3.47. The monoisotopic (exact) mass is 247 g/mol. The van der Waals surface area contributed by atoms with Gasteiger partial charge < -0.3 is 15.8 Å². The van der Waals surface area contributed by atoms with Gasteiger partial charge in [0.2, 0.25) is 0 Å². The largest absolute Gasteiger partial charge is 0.465 e. The van der Waals surface area contributed by atoms with Gasteiger partial charge in [0.25, 0.3) is 0 Å². The third-order valence-electron chi connectivity index (χ3n) is 2.45. The van der Waals surface area contributed by atoms with Crippen LogP contribution < -0.4 is 11.1 Å². The lowest BCUT2D eigenvalue weighted by atomic mass is 10.3. The van der Waals surface area contributed by atoms with Crippen molar-refractivity contribution in [2.75, 3.05) is 25.2 Å². The van der Waals surface area contributed by atoms with Crippen LogP contribution in [0.15, 0.2) is 24.5 Å². The number of nitrogens with two attached hydrogens (primary N) is 1. The number of carbonyl (C=O) groups is 1. The van der Waals surface area contributed by atoms with Crippen molar-refractivity contribution in [3.63, 3.8) is 0 Å². The van der Waals surface area contributed by atoms with Crippen molar-refractivity contribution in [3.8, 4) is 5.69 Å². The summed E-state index contributed by atoms with van der Waals surface area (Å²) in [6.45, 7) is 0. The van der Waals surface area contributed by atoms with Crippen molar-refractivity contribution >= 4 is 17.6 Å². The van der Waals surface area contributed by atoms with Crippen LogP contribution in [0.25, 0.3) is 5.69 Å². The third kappa shape index (κ3) is 1.86. The second-order valence-corrected chi connectivity index (χ2v) is 3.47. The summed E-state index contributed by atoms with van der Waals surface area (Å²) >= 11 is 0. The second kappa shape index (κ2) is 4.74. The maximum atomic E-state index is 11.7. The molecule has 0 aromatic carbocycles. The highest BCUT2D eigenvalue weighted by Gasteiger charge is 2.22. The minimum atomic E-state index is -0.530. The predicted octanol–water partition coefficient (Wildman–Crippen LogP) is 0.678. The van der Waals surface area contributed by atoms with E-state index in [9.17, 15) is 4.79 Å². The zero-order valence-corrected chi connectivity index (χ0v) is 10.0. The molecule has 0 amide bonds. The molecule has 0 bridgehead atoms. The van der Waals surface area contributed by atoms with Gasteiger partial charge >= 0.3 is 5.97 Å². The van der Waals surface area contributed by atoms with Crippen LogP contribution >= 0.6 is 0 Å². The molecule has 94 valence electrons. The van der Waals surface area contributed by atoms with E-state index in [1.165, 1.54) is 11.8 Å². The molecular weight excluding hydrogens is 234 g/mol. The van der Waals surface area contributed by atoms with E-state index in [4.69, 9.17) is 5.73 Å². The first-order chi connectivity index (χ1) is 8.69. The molecule has 0 saturated carbocycles. The predicted molar refractivity (Wildman–Crippen MR) is 66.7 cm³/mol. The van der Waals surface area contributed by atoms with Crippen molar-refractivity contribution in [1.82, 2.24) is 14.8 Å². The van der Waals surface area contributed by atoms with E-state index < -0.39 is 5.97 Å². The highest BCUT2D eigenvalue weighted by Crippen LogP contribution is 2.24. The lowest BCUT2D eigenvalue weighted by Crippen LogP contribution is -2.08. The van der Waals surface area contributed by atoms with E-state index in [1.807, 2.05) is 0 Å². The number of rotatable bonds is 3. The number of pyridine rings is 1. The van der Waals surface area contributed by atoms with E-state index in [0.717, 1.165) is 0 Å². The Morgan fingerprint density at radius 2 is 2.11 bits per heavy atom. The minimum absolute atomic E-state index is 0.219. The fourth-order valence-electron chi connectivity index (χ4n) is 1.59. The molecule has 2 rings (SSSR count).